The maximum absolute atomic E-state index is 11.9. The van der Waals surface area contributed by atoms with Crippen molar-refractivity contribution in [2.24, 2.45) is 0 Å². The van der Waals surface area contributed by atoms with Gasteiger partial charge < -0.3 is 29.7 Å². The Labute approximate surface area is 312 Å². The van der Waals surface area contributed by atoms with Gasteiger partial charge in [0.05, 0.1) is 22.8 Å². The van der Waals surface area contributed by atoms with Gasteiger partial charge in [-0.1, -0.05) is 121 Å². The van der Waals surface area contributed by atoms with E-state index in [9.17, 15) is 10.2 Å². The number of fused-ring (bicyclic) bond motifs is 8. The Balaban J connectivity index is 1.54. The summed E-state index contributed by atoms with van der Waals surface area (Å²) in [5.74, 6) is 0. The summed E-state index contributed by atoms with van der Waals surface area (Å²) in [6, 6.07) is 48.0. The Hall–Kier alpha value is -6.16. The number of H-pyrrole nitrogens is 2. The Kier molecular flexibility index (Phi) is 8.73. The zero-order valence-electron chi connectivity index (χ0n) is 29.8. The summed E-state index contributed by atoms with van der Waals surface area (Å²) in [5.41, 5.74) is 11.8. The smallest absolute Gasteiger partial charge is 0.132 e. The lowest BCUT2D eigenvalue weighted by Crippen LogP contribution is -2.11. The molecule has 0 saturated carbocycles. The maximum atomic E-state index is 11.9. The first-order valence-electron chi connectivity index (χ1n) is 18.0. The molecule has 8 heteroatoms. The van der Waals surface area contributed by atoms with Crippen LogP contribution in [0.4, 0.5) is 0 Å². The van der Waals surface area contributed by atoms with Crippen LogP contribution in [0.2, 0.25) is 0 Å². The third-order valence-corrected chi connectivity index (χ3v) is 10.4. The number of aromatic amines is 2. The Bertz CT molecular complexity index is 2440. The molecule has 4 N–H and O–H groups in total. The van der Waals surface area contributed by atoms with Crippen molar-refractivity contribution in [3.05, 3.63) is 168 Å². The summed E-state index contributed by atoms with van der Waals surface area (Å²) in [5, 5.41) is 23.9. The average molecular weight is 711 g/mol. The number of ether oxygens (including phenoxy) is 2. The molecule has 0 aliphatic carbocycles. The number of nitrogens with one attached hydrogen (secondary N) is 2. The largest absolute Gasteiger partial charge is 0.384 e. The molecule has 0 unspecified atom stereocenters. The second-order valence-electron chi connectivity index (χ2n) is 13.5. The minimum atomic E-state index is -1.30. The van der Waals surface area contributed by atoms with Gasteiger partial charge in [0.25, 0.3) is 0 Å². The van der Waals surface area contributed by atoms with Crippen molar-refractivity contribution in [3.8, 4) is 44.5 Å². The van der Waals surface area contributed by atoms with Gasteiger partial charge in [-0.3, -0.25) is 9.97 Å². The molecule has 4 atom stereocenters. The number of nitrogens with zero attached hydrogens (tertiary/aromatic N) is 2. The van der Waals surface area contributed by atoms with E-state index < -0.39 is 24.4 Å². The first-order chi connectivity index (χ1) is 26.6. The highest BCUT2D eigenvalue weighted by Gasteiger charge is 2.38. The van der Waals surface area contributed by atoms with E-state index in [1.54, 1.807) is 14.2 Å². The Morgan fingerprint density at radius 1 is 0.389 bits per heavy atom. The zero-order valence-corrected chi connectivity index (χ0v) is 29.8. The summed E-state index contributed by atoms with van der Waals surface area (Å²) < 4.78 is 12.6. The molecule has 4 aromatic carbocycles. The van der Waals surface area contributed by atoms with Gasteiger partial charge in [-0.25, -0.2) is 0 Å². The second-order valence-corrected chi connectivity index (χ2v) is 13.5. The van der Waals surface area contributed by atoms with E-state index in [-0.39, 0.29) is 0 Å². The van der Waals surface area contributed by atoms with Gasteiger partial charge in [-0.15, -0.1) is 0 Å². The van der Waals surface area contributed by atoms with Crippen molar-refractivity contribution in [2.75, 3.05) is 14.2 Å². The van der Waals surface area contributed by atoms with Crippen LogP contribution in [-0.4, -0.2) is 44.4 Å². The normalized spacial score (nSPS) is 18.1. The lowest BCUT2D eigenvalue weighted by Gasteiger charge is -2.20. The van der Waals surface area contributed by atoms with Crippen molar-refractivity contribution < 1.29 is 19.7 Å². The molecule has 54 heavy (non-hydrogen) atoms. The Morgan fingerprint density at radius 3 is 0.926 bits per heavy atom. The molecule has 2 aliphatic heterocycles. The van der Waals surface area contributed by atoms with E-state index in [0.29, 0.717) is 33.9 Å². The first kappa shape index (κ1) is 33.7. The highest BCUT2D eigenvalue weighted by Crippen LogP contribution is 2.48. The predicted octanol–water partition coefficient (Wildman–Crippen LogP) is 9.82. The van der Waals surface area contributed by atoms with Gasteiger partial charge in [0, 0.05) is 58.5 Å². The molecule has 0 radical (unpaired) electrons. The molecule has 7 aromatic rings. The molecular weight excluding hydrogens is 673 g/mol. The van der Waals surface area contributed by atoms with E-state index in [2.05, 4.69) is 34.2 Å². The average Bonchev–Trinajstić information content (AvgIpc) is 4.02. The minimum absolute atomic E-state index is 0.366. The third-order valence-electron chi connectivity index (χ3n) is 10.4. The monoisotopic (exact) mass is 710 g/mol. The molecule has 0 spiro atoms. The number of hydrogen-bond donors (Lipinski definition) is 4. The van der Waals surface area contributed by atoms with Gasteiger partial charge >= 0.3 is 0 Å². The molecule has 9 rings (SSSR count). The summed E-state index contributed by atoms with van der Waals surface area (Å²) in [4.78, 5) is 18.0. The third kappa shape index (κ3) is 5.64. The van der Waals surface area contributed by atoms with Gasteiger partial charge in [-0.2, -0.15) is 0 Å². The number of aliphatic hydroxyl groups is 2. The maximum Gasteiger partial charge on any atom is 0.132 e. The van der Waals surface area contributed by atoms with Crippen LogP contribution in [0, 0.1) is 0 Å². The molecule has 0 fully saturated rings. The minimum Gasteiger partial charge on any atom is -0.384 e. The number of aromatic nitrogens is 4. The molecule has 266 valence electrons. The molecule has 2 aliphatic rings. The molecule has 3 aromatic heterocycles. The standard InChI is InChI=1S/C46H38N4O4/c1-53-45-41-37(29-19-11-5-12-20-29)33-25-23-31(47-33)35(27-15-7-3-8-16-27)39-43(51)44(52)40(49-39)36(28-17-9-4-10-18-28)32-24-26-34(48-32)38(30-21-13-6-14-22-30)42(50-41)46(45)54-2/h3-26,43-48,51-52H,1-2H3/t43-,44+,45+,46-. The van der Waals surface area contributed by atoms with Crippen LogP contribution in [-0.2, 0) is 9.47 Å². The number of methoxy groups -OCH3 is 2. The molecule has 8 nitrogen and oxygen atoms in total. The number of rotatable bonds is 6. The topological polar surface area (TPSA) is 116 Å². The second kappa shape index (κ2) is 14.0. The van der Waals surface area contributed by atoms with E-state index >= 15 is 0 Å². The highest BCUT2D eigenvalue weighted by molar-refractivity contribution is 5.92. The molecule has 0 saturated heterocycles. The summed E-state index contributed by atoms with van der Waals surface area (Å²) in [6.45, 7) is 0. The lowest BCUT2D eigenvalue weighted by molar-refractivity contribution is -0.0325. The lowest BCUT2D eigenvalue weighted by atomic mass is 9.97. The van der Waals surface area contributed by atoms with Crippen molar-refractivity contribution in [2.45, 2.75) is 24.4 Å². The Morgan fingerprint density at radius 2 is 0.648 bits per heavy atom. The molecule has 8 bridgehead atoms. The van der Waals surface area contributed by atoms with E-state index in [4.69, 9.17) is 19.4 Å². The van der Waals surface area contributed by atoms with Crippen LogP contribution in [0.1, 0.15) is 47.2 Å². The number of benzene rings is 4. The van der Waals surface area contributed by atoms with Crippen molar-refractivity contribution in [1.82, 2.24) is 19.9 Å². The molecule has 0 amide bonds. The van der Waals surface area contributed by atoms with Crippen molar-refractivity contribution in [1.29, 1.82) is 0 Å². The van der Waals surface area contributed by atoms with Gasteiger partial charge in [-0.05, 0) is 46.5 Å². The van der Waals surface area contributed by atoms with Crippen LogP contribution in [0.25, 0.3) is 66.6 Å². The van der Waals surface area contributed by atoms with Crippen molar-refractivity contribution >= 4 is 22.1 Å². The molecule has 5 heterocycles. The van der Waals surface area contributed by atoms with Crippen molar-refractivity contribution in [3.63, 3.8) is 0 Å². The van der Waals surface area contributed by atoms with E-state index in [0.717, 1.165) is 55.4 Å². The van der Waals surface area contributed by atoms with E-state index in [1.807, 2.05) is 121 Å². The van der Waals surface area contributed by atoms with Gasteiger partial charge in [0.15, 0.2) is 0 Å². The van der Waals surface area contributed by atoms with Crippen LogP contribution in [0.15, 0.2) is 146 Å². The van der Waals surface area contributed by atoms with Crippen LogP contribution < -0.4 is 0 Å². The summed E-state index contributed by atoms with van der Waals surface area (Å²) >= 11 is 0. The summed E-state index contributed by atoms with van der Waals surface area (Å²) in [7, 11) is 3.38. The summed E-state index contributed by atoms with van der Waals surface area (Å²) in [6.07, 6.45) is -3.70. The quantitative estimate of drug-likeness (QED) is 0.137. The van der Waals surface area contributed by atoms with Crippen LogP contribution in [0.3, 0.4) is 0 Å². The highest BCUT2D eigenvalue weighted by atomic mass is 16.5. The predicted molar refractivity (Wildman–Crippen MR) is 212 cm³/mol. The first-order valence-corrected chi connectivity index (χ1v) is 18.0. The molecular formula is C46H38N4O4. The van der Waals surface area contributed by atoms with E-state index in [1.165, 1.54) is 0 Å². The number of aliphatic hydroxyl groups excluding tert-OH is 2. The zero-order chi connectivity index (χ0) is 36.8. The SMILES string of the molecule is CO[C@@H]1c2nc(c(-c3ccccc3)c3ccc([nH]3)c(-c3ccccc3)c3nc(c(-c4ccccc4)c4ccc([nH]4)c2-c2ccccc2)[C@H](O)[C@@H]3O)[C@@H]1OC. The van der Waals surface area contributed by atoms with Crippen LogP contribution in [0.5, 0.6) is 0 Å². The fourth-order valence-corrected chi connectivity index (χ4v) is 7.94. The van der Waals surface area contributed by atoms with Gasteiger partial charge in [0.1, 0.15) is 24.4 Å². The fraction of sp³-hybridized carbons (Fsp3) is 0.130. The fourth-order valence-electron chi connectivity index (χ4n) is 7.94. The number of hydrogen-bond acceptors (Lipinski definition) is 6. The van der Waals surface area contributed by atoms with Crippen LogP contribution >= 0.6 is 0 Å². The van der Waals surface area contributed by atoms with Gasteiger partial charge in [0.2, 0.25) is 0 Å².